The highest BCUT2D eigenvalue weighted by Crippen LogP contribution is 2.40. The highest BCUT2D eigenvalue weighted by atomic mass is 35.5. The first-order valence-corrected chi connectivity index (χ1v) is 20.8. The summed E-state index contributed by atoms with van der Waals surface area (Å²) in [6.45, 7) is 6.66. The van der Waals surface area contributed by atoms with Gasteiger partial charge in [0.05, 0.1) is 18.7 Å². The van der Waals surface area contributed by atoms with Gasteiger partial charge < -0.3 is 20.3 Å². The van der Waals surface area contributed by atoms with Gasteiger partial charge in [-0.2, -0.15) is 0 Å². The molecule has 5 N–H and O–H groups in total. The van der Waals surface area contributed by atoms with Crippen LogP contribution in [-0.4, -0.2) is 83.6 Å². The molecule has 3 aliphatic heterocycles. The van der Waals surface area contributed by atoms with Gasteiger partial charge in [0.1, 0.15) is 34.5 Å². The van der Waals surface area contributed by atoms with Gasteiger partial charge in [0, 0.05) is 51.7 Å². The zero-order valence-corrected chi connectivity index (χ0v) is 34.5. The summed E-state index contributed by atoms with van der Waals surface area (Å²) in [7, 11) is 0. The van der Waals surface area contributed by atoms with Crippen LogP contribution in [0.4, 0.5) is 5.00 Å². The molecule has 2 aromatic carbocycles. The summed E-state index contributed by atoms with van der Waals surface area (Å²) in [6.07, 6.45) is 5.87. The summed E-state index contributed by atoms with van der Waals surface area (Å²) >= 11 is 7.71. The van der Waals surface area contributed by atoms with Crippen LogP contribution in [0.25, 0.3) is 0 Å². The number of hydrogen-bond donors (Lipinski definition) is 5. The fraction of sp³-hybridized carbons (Fsp3) is 0.429. The lowest BCUT2D eigenvalue weighted by atomic mass is 9.99. The summed E-state index contributed by atoms with van der Waals surface area (Å²) in [5, 5.41) is 27.1. The molecule has 1 unspecified atom stereocenters. The van der Waals surface area contributed by atoms with E-state index in [0.717, 1.165) is 65.1 Å². The number of aryl methyl sites for hydroxylation is 1. The molecule has 3 aliphatic rings. The number of carbonyl (C=O) groups excluding carboxylic acids is 5. The number of benzene rings is 2. The Morgan fingerprint density at radius 1 is 0.983 bits per heavy atom. The Balaban J connectivity index is 0.884. The van der Waals surface area contributed by atoms with Crippen molar-refractivity contribution in [2.45, 2.75) is 97.2 Å². The Morgan fingerprint density at radius 2 is 1.66 bits per heavy atom. The van der Waals surface area contributed by atoms with Crippen LogP contribution in [0.2, 0.25) is 5.02 Å². The van der Waals surface area contributed by atoms with Gasteiger partial charge >= 0.3 is 0 Å². The maximum atomic E-state index is 13.2. The molecule has 0 spiro atoms. The lowest BCUT2D eigenvalue weighted by molar-refractivity contribution is -0.137. The zero-order valence-electron chi connectivity index (χ0n) is 33.0. The molecule has 16 heteroatoms. The Hall–Kier alpha value is -5.41. The van der Waals surface area contributed by atoms with E-state index in [0.29, 0.717) is 40.7 Å². The van der Waals surface area contributed by atoms with E-state index in [1.165, 1.54) is 16.2 Å². The molecule has 4 heterocycles. The van der Waals surface area contributed by atoms with Crippen LogP contribution in [-0.2, 0) is 25.7 Å². The van der Waals surface area contributed by atoms with Crippen molar-refractivity contribution in [1.29, 1.82) is 10.8 Å². The van der Waals surface area contributed by atoms with Crippen molar-refractivity contribution in [3.8, 4) is 5.75 Å². The number of unbranched alkanes of at least 4 members (excludes halogenated alkanes) is 5. The van der Waals surface area contributed by atoms with Crippen LogP contribution in [0.3, 0.4) is 0 Å². The first-order valence-electron chi connectivity index (χ1n) is 19.6. The summed E-state index contributed by atoms with van der Waals surface area (Å²) in [4.78, 5) is 71.8. The van der Waals surface area contributed by atoms with Crippen LogP contribution in [0.1, 0.15) is 102 Å². The standard InChI is InChI=1S/C42H49ClN8O6S/c1-24-25(2)58-42-37(24)38(27-13-15-28(43)16-14-27)48-31(39(45)51(42)26(3)44)21-35(53)46-19-8-6-4-5-7-9-20-47-36(54)23-57-33-12-10-11-29-30(33)22-50(41(29)56)32-17-18-34(52)49-40(32)55/h10-16,31-32,44-45H,4-9,17-23H2,1-3H3,(H,46,53)(H,47,54)(H,49,52,55)/t31-,32?/m0/s1. The first kappa shape index (κ1) is 42.2. The van der Waals surface area contributed by atoms with Gasteiger partial charge in [-0.1, -0.05) is 55.5 Å². The number of rotatable bonds is 16. The van der Waals surface area contributed by atoms with Gasteiger partial charge in [-0.25, -0.2) is 0 Å². The quantitative estimate of drug-likeness (QED) is 0.0519. The normalized spacial score (nSPS) is 17.6. The van der Waals surface area contributed by atoms with Crippen molar-refractivity contribution < 1.29 is 28.7 Å². The van der Waals surface area contributed by atoms with Gasteiger partial charge in [-0.15, -0.1) is 11.3 Å². The Labute approximate surface area is 346 Å². The van der Waals surface area contributed by atoms with Crippen molar-refractivity contribution in [3.05, 3.63) is 80.2 Å². The minimum absolute atomic E-state index is 0.0141. The average Bonchev–Trinajstić information content (AvgIpc) is 3.63. The van der Waals surface area contributed by atoms with Crippen LogP contribution < -0.4 is 25.6 Å². The highest BCUT2D eigenvalue weighted by Gasteiger charge is 2.40. The molecule has 1 fully saturated rings. The predicted octanol–water partition coefficient (Wildman–Crippen LogP) is 5.82. The van der Waals surface area contributed by atoms with E-state index < -0.39 is 18.0 Å². The Kier molecular flexibility index (Phi) is 13.7. The molecule has 14 nitrogen and oxygen atoms in total. The highest BCUT2D eigenvalue weighted by molar-refractivity contribution is 7.17. The second kappa shape index (κ2) is 18.9. The topological polar surface area (TPSA) is 197 Å². The van der Waals surface area contributed by atoms with E-state index in [-0.39, 0.29) is 67.7 Å². The van der Waals surface area contributed by atoms with Gasteiger partial charge in [0.25, 0.3) is 11.8 Å². The molecule has 2 atom stereocenters. The SMILES string of the molecule is CC(=N)N1C(=N)[C@H](CC(=O)NCCCCCCCCNC(=O)COc2cccc3c2CN(C2CCC(=O)NC2=O)C3=O)N=C(c2ccc(Cl)cc2)c2c1sc(C)c2C. The number of nitrogens with zero attached hydrogens (tertiary/aromatic N) is 3. The summed E-state index contributed by atoms with van der Waals surface area (Å²) in [5.74, 6) is -0.900. The first-order chi connectivity index (χ1) is 27.8. The van der Waals surface area contributed by atoms with Crippen LogP contribution in [0, 0.1) is 24.7 Å². The third-order valence-corrected chi connectivity index (χ3v) is 12.1. The predicted molar refractivity (Wildman–Crippen MR) is 225 cm³/mol. The van der Waals surface area contributed by atoms with Crippen LogP contribution in [0.5, 0.6) is 5.75 Å². The van der Waals surface area contributed by atoms with Crippen molar-refractivity contribution in [2.75, 3.05) is 24.6 Å². The van der Waals surface area contributed by atoms with Gasteiger partial charge in [0.2, 0.25) is 17.7 Å². The lowest BCUT2D eigenvalue weighted by Gasteiger charge is -2.29. The summed E-state index contributed by atoms with van der Waals surface area (Å²) in [5.41, 5.74) is 4.46. The molecule has 0 aliphatic carbocycles. The third kappa shape index (κ3) is 9.64. The zero-order chi connectivity index (χ0) is 41.5. The number of aliphatic imine (C=N–C) groups is 1. The molecule has 3 aromatic rings. The smallest absolute Gasteiger partial charge is 0.257 e. The number of piperidine rings is 1. The second-order valence-corrected chi connectivity index (χ2v) is 16.4. The second-order valence-electron chi connectivity index (χ2n) is 14.8. The number of carbonyl (C=O) groups is 5. The number of thiophene rings is 1. The average molecular weight is 829 g/mol. The third-order valence-electron chi connectivity index (χ3n) is 10.6. The van der Waals surface area contributed by atoms with Crippen molar-refractivity contribution in [1.82, 2.24) is 20.9 Å². The van der Waals surface area contributed by atoms with Gasteiger partial charge in [-0.3, -0.25) is 50.0 Å². The van der Waals surface area contributed by atoms with Crippen LogP contribution in [0.15, 0.2) is 47.5 Å². The van der Waals surface area contributed by atoms with E-state index in [1.54, 1.807) is 42.2 Å². The fourth-order valence-corrected chi connectivity index (χ4v) is 8.78. The summed E-state index contributed by atoms with van der Waals surface area (Å²) in [6, 6.07) is 10.9. The van der Waals surface area contributed by atoms with Crippen LogP contribution >= 0.6 is 22.9 Å². The molecule has 5 amide bonds. The molecule has 0 bridgehead atoms. The van der Waals surface area contributed by atoms with Gasteiger partial charge in [-0.05, 0) is 69.9 Å². The lowest BCUT2D eigenvalue weighted by Crippen LogP contribution is -2.52. The van der Waals surface area contributed by atoms with E-state index >= 15 is 0 Å². The van der Waals surface area contributed by atoms with Crippen molar-refractivity contribution in [3.63, 3.8) is 0 Å². The number of fused-ring (bicyclic) bond motifs is 2. The minimum atomic E-state index is -0.778. The van der Waals surface area contributed by atoms with Crippen molar-refractivity contribution >= 4 is 74.9 Å². The minimum Gasteiger partial charge on any atom is -0.483 e. The number of amides is 5. The molecule has 1 saturated heterocycles. The Bertz CT molecular complexity index is 2150. The maximum Gasteiger partial charge on any atom is 0.257 e. The number of ether oxygens (including phenoxy) is 1. The molecule has 306 valence electrons. The molecular weight excluding hydrogens is 780 g/mol. The molecule has 6 rings (SSSR count). The molecule has 1 aromatic heterocycles. The number of halogens is 1. The number of amidine groups is 2. The fourth-order valence-electron chi connectivity index (χ4n) is 7.43. The number of nitrogens with one attached hydrogen (secondary N) is 5. The maximum absolute atomic E-state index is 13.2. The number of imide groups is 1. The largest absolute Gasteiger partial charge is 0.483 e. The monoisotopic (exact) mass is 828 g/mol. The number of anilines is 1. The molecule has 0 saturated carbocycles. The van der Waals surface area contributed by atoms with E-state index in [9.17, 15) is 24.0 Å². The van der Waals surface area contributed by atoms with E-state index in [1.807, 2.05) is 26.0 Å². The molecule has 58 heavy (non-hydrogen) atoms. The number of hydrogen-bond acceptors (Lipinski definition) is 10. The molecular formula is C42H49ClN8O6S. The van der Waals surface area contributed by atoms with E-state index in [4.69, 9.17) is 32.1 Å². The van der Waals surface area contributed by atoms with Crippen molar-refractivity contribution in [2.24, 2.45) is 4.99 Å². The summed E-state index contributed by atoms with van der Waals surface area (Å²) < 4.78 is 5.79. The van der Waals surface area contributed by atoms with E-state index in [2.05, 4.69) is 16.0 Å². The van der Waals surface area contributed by atoms with Gasteiger partial charge in [0.15, 0.2) is 6.61 Å². The Morgan fingerprint density at radius 3 is 2.33 bits per heavy atom. The molecule has 0 radical (unpaired) electrons.